The van der Waals surface area contributed by atoms with E-state index in [4.69, 9.17) is 4.74 Å². The molecule has 0 radical (unpaired) electrons. The van der Waals surface area contributed by atoms with Crippen molar-refractivity contribution in [2.75, 3.05) is 6.61 Å². The molecular formula is C14H24N2O3. The third-order valence-corrected chi connectivity index (χ3v) is 4.10. The van der Waals surface area contributed by atoms with E-state index >= 15 is 0 Å². The zero-order chi connectivity index (χ0) is 14.2. The number of carbonyl (C=O) groups excluding carboxylic acids is 2. The summed E-state index contributed by atoms with van der Waals surface area (Å²) in [5, 5.41) is 2.81. The summed E-state index contributed by atoms with van der Waals surface area (Å²) in [5.74, 6) is -0.00846. The van der Waals surface area contributed by atoms with Crippen molar-refractivity contribution in [3.63, 3.8) is 0 Å². The van der Waals surface area contributed by atoms with E-state index in [0.717, 1.165) is 12.8 Å². The number of ether oxygens (including phenoxy) is 1. The van der Waals surface area contributed by atoms with Gasteiger partial charge in [0.2, 0.25) is 11.8 Å². The van der Waals surface area contributed by atoms with Gasteiger partial charge < -0.3 is 15.0 Å². The van der Waals surface area contributed by atoms with Crippen LogP contribution in [0.15, 0.2) is 0 Å². The van der Waals surface area contributed by atoms with Crippen LogP contribution >= 0.6 is 0 Å². The highest BCUT2D eigenvalue weighted by molar-refractivity contribution is 5.99. The Labute approximate surface area is 114 Å². The monoisotopic (exact) mass is 268 g/mol. The quantitative estimate of drug-likeness (QED) is 0.829. The molecule has 2 rings (SSSR count). The fraction of sp³-hybridized carbons (Fsp3) is 0.857. The number of nitrogens with one attached hydrogen (secondary N) is 1. The predicted molar refractivity (Wildman–Crippen MR) is 71.6 cm³/mol. The second kappa shape index (κ2) is 5.12. The van der Waals surface area contributed by atoms with Gasteiger partial charge >= 0.3 is 0 Å². The molecule has 0 aromatic carbocycles. The van der Waals surface area contributed by atoms with E-state index in [1.54, 1.807) is 18.7 Å². The molecule has 1 aliphatic carbocycles. The molecule has 2 amide bonds. The zero-order valence-corrected chi connectivity index (χ0v) is 12.2. The third-order valence-electron chi connectivity index (χ3n) is 4.10. The minimum Gasteiger partial charge on any atom is -0.378 e. The molecule has 108 valence electrons. The topological polar surface area (TPSA) is 58.6 Å². The van der Waals surface area contributed by atoms with Gasteiger partial charge in [-0.3, -0.25) is 9.59 Å². The summed E-state index contributed by atoms with van der Waals surface area (Å²) in [6, 6.07) is -0.174. The summed E-state index contributed by atoms with van der Waals surface area (Å²) in [7, 11) is 0. The summed E-state index contributed by atoms with van der Waals surface area (Å²) in [6.07, 6.45) is 2.59. The smallest absolute Gasteiger partial charge is 0.248 e. The van der Waals surface area contributed by atoms with Crippen molar-refractivity contribution in [2.45, 2.75) is 70.7 Å². The molecule has 2 fully saturated rings. The highest BCUT2D eigenvalue weighted by atomic mass is 16.5. The lowest BCUT2D eigenvalue weighted by atomic mass is 9.83. The fourth-order valence-electron chi connectivity index (χ4n) is 2.97. The number of nitrogens with zero attached hydrogens (tertiary/aromatic N) is 1. The van der Waals surface area contributed by atoms with Crippen LogP contribution in [0.5, 0.6) is 0 Å². The number of hydrogen-bond donors (Lipinski definition) is 1. The Balaban J connectivity index is 2.11. The van der Waals surface area contributed by atoms with Crippen LogP contribution in [0.1, 0.15) is 47.0 Å². The highest BCUT2D eigenvalue weighted by Crippen LogP contribution is 2.33. The minimum absolute atomic E-state index is 0.0268. The minimum atomic E-state index is -0.792. The van der Waals surface area contributed by atoms with Gasteiger partial charge in [-0.25, -0.2) is 0 Å². The second-order valence-electron chi connectivity index (χ2n) is 5.95. The molecule has 19 heavy (non-hydrogen) atoms. The maximum absolute atomic E-state index is 12.5. The first-order chi connectivity index (χ1) is 8.90. The van der Waals surface area contributed by atoms with Crippen LogP contribution in [-0.4, -0.2) is 47.0 Å². The molecule has 2 aliphatic rings. The van der Waals surface area contributed by atoms with E-state index < -0.39 is 5.54 Å². The van der Waals surface area contributed by atoms with Gasteiger partial charge in [-0.15, -0.1) is 0 Å². The summed E-state index contributed by atoms with van der Waals surface area (Å²) in [5.41, 5.74) is -0.792. The molecular weight excluding hydrogens is 244 g/mol. The van der Waals surface area contributed by atoms with E-state index in [1.165, 1.54) is 0 Å². The van der Waals surface area contributed by atoms with Crippen molar-refractivity contribution < 1.29 is 14.3 Å². The molecule has 0 spiro atoms. The van der Waals surface area contributed by atoms with Crippen molar-refractivity contribution in [1.29, 1.82) is 0 Å². The van der Waals surface area contributed by atoms with E-state index in [0.29, 0.717) is 13.0 Å². The average molecular weight is 268 g/mol. The van der Waals surface area contributed by atoms with Crippen LogP contribution in [-0.2, 0) is 14.3 Å². The van der Waals surface area contributed by atoms with Gasteiger partial charge in [0, 0.05) is 12.6 Å². The molecule has 1 saturated heterocycles. The van der Waals surface area contributed by atoms with Crippen LogP contribution in [0, 0.1) is 0 Å². The number of amides is 2. The van der Waals surface area contributed by atoms with Gasteiger partial charge in [0.05, 0.1) is 6.10 Å². The maximum atomic E-state index is 12.5. The first-order valence-corrected chi connectivity index (χ1v) is 7.17. The normalized spacial score (nSPS) is 33.9. The Morgan fingerprint density at radius 1 is 1.32 bits per heavy atom. The molecule has 5 nitrogen and oxygen atoms in total. The standard InChI is InChI=1S/C14H24N2O3/c1-5-11-12(17)15-14(3,4)13(18)16(11)9-7-10(8-9)19-6-2/h9-11H,5-8H2,1-4H3,(H,15,17). The molecule has 1 heterocycles. The molecule has 1 unspecified atom stereocenters. The molecule has 1 N–H and O–H groups in total. The Bertz CT molecular complexity index is 375. The Morgan fingerprint density at radius 3 is 2.47 bits per heavy atom. The van der Waals surface area contributed by atoms with Crippen molar-refractivity contribution in [2.24, 2.45) is 0 Å². The van der Waals surface area contributed by atoms with Crippen LogP contribution in [0.3, 0.4) is 0 Å². The van der Waals surface area contributed by atoms with Gasteiger partial charge in [0.15, 0.2) is 0 Å². The number of carbonyl (C=O) groups is 2. The Morgan fingerprint density at radius 2 is 1.95 bits per heavy atom. The Kier molecular flexibility index (Phi) is 3.85. The highest BCUT2D eigenvalue weighted by Gasteiger charge is 2.50. The van der Waals surface area contributed by atoms with Crippen molar-refractivity contribution in [3.05, 3.63) is 0 Å². The van der Waals surface area contributed by atoms with Gasteiger partial charge in [-0.05, 0) is 40.0 Å². The summed E-state index contributed by atoms with van der Waals surface area (Å²) in [6.45, 7) is 8.16. The molecule has 1 saturated carbocycles. The lowest BCUT2D eigenvalue weighted by Gasteiger charge is -2.50. The van der Waals surface area contributed by atoms with E-state index in [2.05, 4.69) is 5.32 Å². The largest absolute Gasteiger partial charge is 0.378 e. The number of piperazine rings is 1. The molecule has 0 aromatic rings. The lowest BCUT2D eigenvalue weighted by Crippen LogP contribution is -2.71. The summed E-state index contributed by atoms with van der Waals surface area (Å²) < 4.78 is 5.54. The third kappa shape index (κ3) is 2.48. The van der Waals surface area contributed by atoms with E-state index in [9.17, 15) is 9.59 Å². The zero-order valence-electron chi connectivity index (χ0n) is 12.2. The average Bonchev–Trinajstić information content (AvgIpc) is 2.28. The second-order valence-corrected chi connectivity index (χ2v) is 5.95. The first kappa shape index (κ1) is 14.3. The van der Waals surface area contributed by atoms with E-state index in [1.807, 2.05) is 13.8 Å². The molecule has 0 aromatic heterocycles. The predicted octanol–water partition coefficient (Wildman–Crippen LogP) is 1.07. The van der Waals surface area contributed by atoms with Gasteiger partial charge in [0.25, 0.3) is 0 Å². The fourth-order valence-corrected chi connectivity index (χ4v) is 2.97. The number of rotatable bonds is 4. The molecule has 1 atom stereocenters. The van der Waals surface area contributed by atoms with Crippen molar-refractivity contribution in [3.8, 4) is 0 Å². The van der Waals surface area contributed by atoms with E-state index in [-0.39, 0.29) is 30.0 Å². The maximum Gasteiger partial charge on any atom is 0.248 e. The molecule has 5 heteroatoms. The van der Waals surface area contributed by atoms with Crippen molar-refractivity contribution in [1.82, 2.24) is 10.2 Å². The number of hydrogen-bond acceptors (Lipinski definition) is 3. The Hall–Kier alpha value is -1.10. The summed E-state index contributed by atoms with van der Waals surface area (Å²) >= 11 is 0. The van der Waals surface area contributed by atoms with Crippen LogP contribution in [0.25, 0.3) is 0 Å². The van der Waals surface area contributed by atoms with Gasteiger partial charge in [-0.2, -0.15) is 0 Å². The SMILES string of the molecule is CCOC1CC(N2C(=O)C(C)(C)NC(=O)C2CC)C1. The van der Waals surface area contributed by atoms with Gasteiger partial charge in [0.1, 0.15) is 11.6 Å². The van der Waals surface area contributed by atoms with Crippen LogP contribution in [0.2, 0.25) is 0 Å². The molecule has 0 bridgehead atoms. The van der Waals surface area contributed by atoms with Crippen LogP contribution in [0.4, 0.5) is 0 Å². The van der Waals surface area contributed by atoms with Crippen LogP contribution < -0.4 is 5.32 Å². The molecule has 1 aliphatic heterocycles. The lowest BCUT2D eigenvalue weighted by molar-refractivity contribution is -0.163. The van der Waals surface area contributed by atoms with Gasteiger partial charge in [-0.1, -0.05) is 6.92 Å². The first-order valence-electron chi connectivity index (χ1n) is 7.17. The van der Waals surface area contributed by atoms with Crippen molar-refractivity contribution >= 4 is 11.8 Å². The summed E-state index contributed by atoms with van der Waals surface area (Å²) in [4.78, 5) is 26.4.